The molecule has 0 aromatic heterocycles. The summed E-state index contributed by atoms with van der Waals surface area (Å²) in [6.45, 7) is 5.90. The molecule has 0 unspecified atom stereocenters. The van der Waals surface area contributed by atoms with Crippen molar-refractivity contribution in [3.8, 4) is 0 Å². The molecular weight excluding hydrogens is 510 g/mol. The monoisotopic (exact) mass is 545 g/mol. The van der Waals surface area contributed by atoms with Crippen molar-refractivity contribution in [2.75, 3.05) is 18.1 Å². The smallest absolute Gasteiger partial charge is 0.330 e. The third-order valence-corrected chi connectivity index (χ3v) is 6.55. The van der Waals surface area contributed by atoms with Crippen molar-refractivity contribution in [2.24, 2.45) is 0 Å². The van der Waals surface area contributed by atoms with Gasteiger partial charge in [-0.25, -0.2) is 4.79 Å². The van der Waals surface area contributed by atoms with Crippen molar-refractivity contribution in [2.45, 2.75) is 26.2 Å². The van der Waals surface area contributed by atoms with E-state index < -0.39 is 5.97 Å². The molecule has 208 valence electrons. The molecule has 0 heterocycles. The Kier molecular flexibility index (Phi) is 10.7. The topological polar surface area (TPSA) is 55.8 Å². The van der Waals surface area contributed by atoms with Gasteiger partial charge in [0.1, 0.15) is 0 Å². The molecule has 0 bridgehead atoms. The van der Waals surface area contributed by atoms with Crippen LogP contribution in [0.15, 0.2) is 116 Å². The number of anilines is 3. The maximum atomic E-state index is 11.5. The van der Waals surface area contributed by atoms with Crippen LogP contribution in [-0.2, 0) is 31.9 Å². The van der Waals surface area contributed by atoms with Crippen LogP contribution >= 0.6 is 0 Å². The van der Waals surface area contributed by atoms with Gasteiger partial charge in [-0.2, -0.15) is 0 Å². The molecule has 0 radical (unpaired) electrons. The van der Waals surface area contributed by atoms with Crippen molar-refractivity contribution < 1.29 is 19.1 Å². The molecule has 0 saturated carbocycles. The molecule has 0 fully saturated rings. The summed E-state index contributed by atoms with van der Waals surface area (Å²) in [5.74, 6) is -0.598. The van der Waals surface area contributed by atoms with Crippen molar-refractivity contribution in [1.82, 2.24) is 0 Å². The van der Waals surface area contributed by atoms with E-state index in [9.17, 15) is 9.59 Å². The Morgan fingerprint density at radius 1 is 0.659 bits per heavy atom. The number of ether oxygens (including phenoxy) is 2. The number of hydrogen-bond donors (Lipinski definition) is 0. The third kappa shape index (κ3) is 8.80. The van der Waals surface area contributed by atoms with E-state index in [-0.39, 0.29) is 5.97 Å². The highest BCUT2D eigenvalue weighted by atomic mass is 16.5. The zero-order chi connectivity index (χ0) is 28.9. The molecule has 0 saturated heterocycles. The number of carbonyl (C=O) groups is 2. The van der Waals surface area contributed by atoms with E-state index >= 15 is 0 Å². The zero-order valence-electron chi connectivity index (χ0n) is 23.4. The number of carbonyl (C=O) groups excluding carboxylic acids is 2. The van der Waals surface area contributed by atoms with Gasteiger partial charge >= 0.3 is 11.9 Å². The lowest BCUT2D eigenvalue weighted by Gasteiger charge is -2.26. The lowest BCUT2D eigenvalue weighted by atomic mass is 10.1. The van der Waals surface area contributed by atoms with E-state index in [1.807, 2.05) is 18.2 Å². The number of rotatable bonds is 13. The minimum Gasteiger partial charge on any atom is -0.465 e. The van der Waals surface area contributed by atoms with E-state index in [0.717, 1.165) is 39.3 Å². The molecular formula is C36H35NO4. The summed E-state index contributed by atoms with van der Waals surface area (Å²) in [5, 5.41) is 0. The molecule has 5 nitrogen and oxygen atoms in total. The predicted molar refractivity (Wildman–Crippen MR) is 166 cm³/mol. The summed E-state index contributed by atoms with van der Waals surface area (Å²) >= 11 is 0. The van der Waals surface area contributed by atoms with Gasteiger partial charge in [0.25, 0.3) is 0 Å². The van der Waals surface area contributed by atoms with Crippen molar-refractivity contribution in [1.29, 1.82) is 0 Å². The second kappa shape index (κ2) is 15.0. The van der Waals surface area contributed by atoms with Crippen LogP contribution in [0.2, 0.25) is 0 Å². The van der Waals surface area contributed by atoms with Gasteiger partial charge in [-0.3, -0.25) is 4.79 Å². The van der Waals surface area contributed by atoms with Gasteiger partial charge in [0.05, 0.1) is 13.2 Å². The summed E-state index contributed by atoms with van der Waals surface area (Å²) in [6.07, 6.45) is 7.06. The molecule has 4 aromatic carbocycles. The Balaban J connectivity index is 1.55. The molecule has 41 heavy (non-hydrogen) atoms. The lowest BCUT2D eigenvalue weighted by Crippen LogP contribution is -2.11. The summed E-state index contributed by atoms with van der Waals surface area (Å²) in [5.41, 5.74) is 7.49. The SMILES string of the molecule is C=CC(=O)OCCc1ccc(N(c2ccc(C=Cc3ccccc3)cc2)c2ccc(CCOC(=O)CC)cc2)cc1. The molecule has 4 aromatic rings. The van der Waals surface area contributed by atoms with Crippen LogP contribution in [-0.4, -0.2) is 25.2 Å². The third-order valence-electron chi connectivity index (χ3n) is 6.55. The van der Waals surface area contributed by atoms with Gasteiger partial charge in [0.2, 0.25) is 0 Å². The molecule has 0 aliphatic carbocycles. The second-order valence-corrected chi connectivity index (χ2v) is 9.45. The van der Waals surface area contributed by atoms with Gasteiger partial charge in [0, 0.05) is 42.4 Å². The van der Waals surface area contributed by atoms with Gasteiger partial charge in [-0.05, 0) is 58.7 Å². The van der Waals surface area contributed by atoms with Crippen LogP contribution in [0.25, 0.3) is 12.2 Å². The summed E-state index contributed by atoms with van der Waals surface area (Å²) in [6, 6.07) is 35.3. The molecule has 0 amide bonds. The van der Waals surface area contributed by atoms with E-state index in [1.54, 1.807) is 6.92 Å². The first-order chi connectivity index (χ1) is 20.1. The lowest BCUT2D eigenvalue weighted by molar-refractivity contribution is -0.143. The standard InChI is InChI=1S/C36H35NO4/c1-3-35(38)40-26-24-30-14-20-33(21-15-30)37(34-22-16-31(17-23-34)25-27-41-36(39)4-2)32-18-12-29(13-19-32)11-10-28-8-6-5-7-9-28/h3,5-23H,1,4,24-27H2,2H3. The highest BCUT2D eigenvalue weighted by Gasteiger charge is 2.13. The highest BCUT2D eigenvalue weighted by Crippen LogP contribution is 2.35. The second-order valence-electron chi connectivity index (χ2n) is 9.45. The van der Waals surface area contributed by atoms with Crippen molar-refractivity contribution >= 4 is 41.2 Å². The fourth-order valence-corrected chi connectivity index (χ4v) is 4.27. The van der Waals surface area contributed by atoms with E-state index in [0.29, 0.717) is 32.5 Å². The highest BCUT2D eigenvalue weighted by molar-refractivity contribution is 5.81. The first kappa shape index (κ1) is 29.1. The molecule has 0 atom stereocenters. The summed E-state index contributed by atoms with van der Waals surface area (Å²) in [4.78, 5) is 25.0. The summed E-state index contributed by atoms with van der Waals surface area (Å²) in [7, 11) is 0. The van der Waals surface area contributed by atoms with E-state index in [4.69, 9.17) is 9.47 Å². The molecule has 0 N–H and O–H groups in total. The molecule has 0 aliphatic rings. The number of hydrogen-bond acceptors (Lipinski definition) is 5. The van der Waals surface area contributed by atoms with E-state index in [2.05, 4.69) is 109 Å². The average molecular weight is 546 g/mol. The van der Waals surface area contributed by atoms with Gasteiger partial charge in [-0.15, -0.1) is 0 Å². The van der Waals surface area contributed by atoms with Gasteiger partial charge in [0.15, 0.2) is 0 Å². The maximum absolute atomic E-state index is 11.5. The molecule has 0 aliphatic heterocycles. The van der Waals surface area contributed by atoms with Crippen LogP contribution in [0, 0.1) is 0 Å². The Morgan fingerprint density at radius 3 is 1.61 bits per heavy atom. The van der Waals surface area contributed by atoms with Gasteiger partial charge in [-0.1, -0.05) is 92.4 Å². The Bertz CT molecular complexity index is 1440. The number of esters is 2. The van der Waals surface area contributed by atoms with Crippen LogP contribution in [0.1, 0.15) is 35.6 Å². The van der Waals surface area contributed by atoms with Crippen LogP contribution in [0.4, 0.5) is 17.1 Å². The predicted octanol–water partition coefficient (Wildman–Crippen LogP) is 8.09. The normalized spacial score (nSPS) is 10.8. The first-order valence-electron chi connectivity index (χ1n) is 13.8. The maximum Gasteiger partial charge on any atom is 0.330 e. The van der Waals surface area contributed by atoms with Gasteiger partial charge < -0.3 is 14.4 Å². The van der Waals surface area contributed by atoms with E-state index in [1.165, 1.54) is 6.08 Å². The minimum atomic E-state index is -0.415. The van der Waals surface area contributed by atoms with Crippen molar-refractivity contribution in [3.05, 3.63) is 138 Å². The quantitative estimate of drug-likeness (QED) is 0.0965. The molecule has 0 spiro atoms. The summed E-state index contributed by atoms with van der Waals surface area (Å²) < 4.78 is 10.4. The Hall–Kier alpha value is -4.90. The number of nitrogens with zero attached hydrogens (tertiary/aromatic N) is 1. The molecule has 4 rings (SSSR count). The fraction of sp³-hybridized carbons (Fsp3) is 0.167. The fourth-order valence-electron chi connectivity index (χ4n) is 4.27. The van der Waals surface area contributed by atoms with Crippen LogP contribution in [0.5, 0.6) is 0 Å². The first-order valence-corrected chi connectivity index (χ1v) is 13.8. The minimum absolute atomic E-state index is 0.183. The average Bonchev–Trinajstić information content (AvgIpc) is 3.02. The van der Waals surface area contributed by atoms with Crippen LogP contribution < -0.4 is 4.90 Å². The zero-order valence-corrected chi connectivity index (χ0v) is 23.4. The number of benzene rings is 4. The van der Waals surface area contributed by atoms with Crippen LogP contribution in [0.3, 0.4) is 0 Å². The largest absolute Gasteiger partial charge is 0.465 e. The Labute approximate surface area is 242 Å². The Morgan fingerprint density at radius 2 is 1.12 bits per heavy atom. The molecule has 5 heteroatoms. The van der Waals surface area contributed by atoms with Crippen molar-refractivity contribution in [3.63, 3.8) is 0 Å².